The van der Waals surface area contributed by atoms with Gasteiger partial charge in [-0.3, -0.25) is 0 Å². The fourth-order valence-corrected chi connectivity index (χ4v) is 3.72. The zero-order valence-corrected chi connectivity index (χ0v) is 15.8. The third-order valence-corrected chi connectivity index (χ3v) is 5.65. The van der Waals surface area contributed by atoms with Gasteiger partial charge in [0.2, 0.25) is 0 Å². The van der Waals surface area contributed by atoms with Gasteiger partial charge in [0.1, 0.15) is 0 Å². The normalized spacial score (nSPS) is 10.8. The molecule has 0 unspecified atom stereocenters. The number of halogens is 1. The number of aryl methyl sites for hydroxylation is 2. The summed E-state index contributed by atoms with van der Waals surface area (Å²) in [6, 6.07) is 17.6. The van der Waals surface area contributed by atoms with E-state index in [4.69, 9.17) is 3.07 Å². The SMILES string of the molecule is CCCCc1ccc(O[I-]c2ccc(CCCC)cc2)cc1. The second kappa shape index (κ2) is 9.88. The van der Waals surface area contributed by atoms with Crippen LogP contribution < -0.4 is 24.7 Å². The van der Waals surface area contributed by atoms with E-state index in [1.807, 2.05) is 0 Å². The van der Waals surface area contributed by atoms with Crippen LogP contribution in [0.15, 0.2) is 48.5 Å². The van der Waals surface area contributed by atoms with Gasteiger partial charge in [-0.2, -0.15) is 0 Å². The minimum atomic E-state index is -0.400. The monoisotopic (exact) mass is 409 g/mol. The van der Waals surface area contributed by atoms with E-state index in [0.717, 1.165) is 5.75 Å². The van der Waals surface area contributed by atoms with Crippen molar-refractivity contribution in [1.82, 2.24) is 0 Å². The van der Waals surface area contributed by atoms with Crippen molar-refractivity contribution < 1.29 is 24.7 Å². The van der Waals surface area contributed by atoms with Crippen molar-refractivity contribution in [3.05, 3.63) is 63.2 Å². The van der Waals surface area contributed by atoms with Crippen molar-refractivity contribution in [2.45, 2.75) is 52.4 Å². The van der Waals surface area contributed by atoms with Gasteiger partial charge >= 0.3 is 146 Å². The van der Waals surface area contributed by atoms with E-state index in [1.165, 1.54) is 53.2 Å². The molecule has 0 radical (unpaired) electrons. The molecule has 0 fully saturated rings. The van der Waals surface area contributed by atoms with Crippen molar-refractivity contribution in [2.24, 2.45) is 0 Å². The van der Waals surface area contributed by atoms with Crippen molar-refractivity contribution in [3.8, 4) is 5.75 Å². The summed E-state index contributed by atoms with van der Waals surface area (Å²) in [7, 11) is 0. The summed E-state index contributed by atoms with van der Waals surface area (Å²) >= 11 is -0.400. The van der Waals surface area contributed by atoms with Crippen LogP contribution in [0.4, 0.5) is 0 Å². The van der Waals surface area contributed by atoms with Gasteiger partial charge in [-0.05, 0) is 0 Å². The van der Waals surface area contributed by atoms with Crippen molar-refractivity contribution >= 4 is 0 Å². The molecule has 120 valence electrons. The van der Waals surface area contributed by atoms with E-state index >= 15 is 0 Å². The predicted octanol–water partition coefficient (Wildman–Crippen LogP) is 2.62. The summed E-state index contributed by atoms with van der Waals surface area (Å²) in [6.07, 6.45) is 7.40. The zero-order chi connectivity index (χ0) is 15.6. The van der Waals surface area contributed by atoms with Crippen molar-refractivity contribution in [3.63, 3.8) is 0 Å². The average molecular weight is 409 g/mol. The fraction of sp³-hybridized carbons (Fsp3) is 0.400. The molecule has 1 nitrogen and oxygen atoms in total. The molecule has 0 heterocycles. The van der Waals surface area contributed by atoms with E-state index in [2.05, 4.69) is 62.4 Å². The van der Waals surface area contributed by atoms with Gasteiger partial charge in [-0.25, -0.2) is 0 Å². The summed E-state index contributed by atoms with van der Waals surface area (Å²) in [5, 5.41) is 0. The average Bonchev–Trinajstić information content (AvgIpc) is 2.58. The van der Waals surface area contributed by atoms with Crippen LogP contribution in [0.5, 0.6) is 5.75 Å². The van der Waals surface area contributed by atoms with Crippen LogP contribution >= 0.6 is 0 Å². The number of hydrogen-bond acceptors (Lipinski definition) is 1. The minimum absolute atomic E-state index is 0.400. The fourth-order valence-electron chi connectivity index (χ4n) is 2.26. The molecule has 2 aromatic carbocycles. The van der Waals surface area contributed by atoms with E-state index in [0.29, 0.717) is 0 Å². The Balaban J connectivity index is 1.81. The van der Waals surface area contributed by atoms with Crippen LogP contribution in [-0.4, -0.2) is 0 Å². The van der Waals surface area contributed by atoms with Gasteiger partial charge in [-0.15, -0.1) is 0 Å². The Morgan fingerprint density at radius 1 is 0.727 bits per heavy atom. The third kappa shape index (κ3) is 5.99. The molecule has 0 N–H and O–H groups in total. The van der Waals surface area contributed by atoms with Crippen LogP contribution in [0.25, 0.3) is 0 Å². The number of hydrogen-bond donors (Lipinski definition) is 0. The van der Waals surface area contributed by atoms with Crippen molar-refractivity contribution in [2.75, 3.05) is 0 Å². The van der Waals surface area contributed by atoms with E-state index < -0.39 is 21.6 Å². The molecule has 0 spiro atoms. The van der Waals surface area contributed by atoms with Crippen molar-refractivity contribution in [1.29, 1.82) is 0 Å². The second-order valence-electron chi connectivity index (χ2n) is 5.63. The Morgan fingerprint density at radius 3 is 1.73 bits per heavy atom. The first kappa shape index (κ1) is 17.3. The summed E-state index contributed by atoms with van der Waals surface area (Å²) in [5.41, 5.74) is 2.85. The number of benzene rings is 2. The van der Waals surface area contributed by atoms with E-state index in [-0.39, 0.29) is 0 Å². The molecule has 2 rings (SSSR count). The Kier molecular flexibility index (Phi) is 7.78. The van der Waals surface area contributed by atoms with Gasteiger partial charge < -0.3 is 0 Å². The van der Waals surface area contributed by atoms with Gasteiger partial charge in [0.05, 0.1) is 0 Å². The molecule has 0 aromatic heterocycles. The maximum atomic E-state index is 5.98. The third-order valence-electron chi connectivity index (χ3n) is 3.69. The predicted molar refractivity (Wildman–Crippen MR) is 89.4 cm³/mol. The topological polar surface area (TPSA) is 9.23 Å². The molecule has 0 saturated heterocycles. The molecule has 2 heteroatoms. The standard InChI is InChI=1S/C20H26IO/c1-3-5-7-17-9-13-19(14-10-17)21-22-20-15-11-18(12-16-20)8-6-4-2/h9-16H,3-8H2,1-2H3/q-1. The van der Waals surface area contributed by atoms with E-state index in [9.17, 15) is 0 Å². The van der Waals surface area contributed by atoms with Gasteiger partial charge in [-0.1, -0.05) is 0 Å². The molecular formula is C20H26IO-. The van der Waals surface area contributed by atoms with Crippen LogP contribution in [0.3, 0.4) is 0 Å². The molecule has 0 bridgehead atoms. The molecule has 0 saturated carbocycles. The van der Waals surface area contributed by atoms with E-state index in [1.54, 1.807) is 0 Å². The first-order chi connectivity index (χ1) is 10.8. The van der Waals surface area contributed by atoms with Crippen LogP contribution in [0.2, 0.25) is 0 Å². The Morgan fingerprint density at radius 2 is 1.23 bits per heavy atom. The number of rotatable bonds is 9. The van der Waals surface area contributed by atoms with Gasteiger partial charge in [0.25, 0.3) is 0 Å². The molecule has 2 aromatic rings. The van der Waals surface area contributed by atoms with Crippen LogP contribution in [0.1, 0.15) is 50.7 Å². The van der Waals surface area contributed by atoms with Gasteiger partial charge in [0.15, 0.2) is 0 Å². The summed E-state index contributed by atoms with van der Waals surface area (Å²) in [5.74, 6) is 1.00. The zero-order valence-electron chi connectivity index (χ0n) is 13.6. The van der Waals surface area contributed by atoms with Crippen LogP contribution in [0, 0.1) is 3.57 Å². The quantitative estimate of drug-likeness (QED) is 0.579. The molecule has 22 heavy (non-hydrogen) atoms. The molecule has 0 amide bonds. The first-order valence-electron chi connectivity index (χ1n) is 8.31. The number of unbranched alkanes of at least 4 members (excludes halogenated alkanes) is 2. The summed E-state index contributed by atoms with van der Waals surface area (Å²) in [6.45, 7) is 4.47. The second-order valence-corrected chi connectivity index (χ2v) is 7.76. The molecule has 0 aliphatic carbocycles. The first-order valence-corrected chi connectivity index (χ1v) is 10.3. The molecule has 0 aliphatic rings. The molecule has 0 atom stereocenters. The maximum absolute atomic E-state index is 5.98. The molecule has 0 aliphatic heterocycles. The Hall–Kier alpha value is -1.03. The summed E-state index contributed by atoms with van der Waals surface area (Å²) in [4.78, 5) is 0. The Labute approximate surface area is 145 Å². The van der Waals surface area contributed by atoms with Gasteiger partial charge in [0, 0.05) is 0 Å². The summed E-state index contributed by atoms with van der Waals surface area (Å²) < 4.78 is 7.32. The molecular weight excluding hydrogens is 383 g/mol. The van der Waals surface area contributed by atoms with Crippen LogP contribution in [-0.2, 0) is 12.8 Å². The Bertz CT molecular complexity index is 479.